The van der Waals surface area contributed by atoms with Crippen LogP contribution in [0.15, 0.2) is 22.7 Å². The summed E-state index contributed by atoms with van der Waals surface area (Å²) in [5.41, 5.74) is 0.538. The molecular weight excluding hydrogens is 296 g/mol. The molecule has 0 unspecified atom stereocenters. The van der Waals surface area contributed by atoms with Gasteiger partial charge in [0.2, 0.25) is 6.79 Å². The lowest BCUT2D eigenvalue weighted by atomic mass is 9.90. The second-order valence-electron chi connectivity index (χ2n) is 5.17. The fourth-order valence-corrected chi connectivity index (χ4v) is 1.93. The first-order valence-corrected chi connectivity index (χ1v) is 6.49. The average Bonchev–Trinajstić information content (AvgIpc) is 2.70. The van der Waals surface area contributed by atoms with Gasteiger partial charge >= 0.3 is 0 Å². The molecule has 0 radical (unpaired) electrons. The normalized spacial score (nSPS) is 14.2. The number of carbonyl (C=O) groups excluding carboxylic acids is 1. The Morgan fingerprint density at radius 1 is 1.28 bits per heavy atom. The molecular formula is C14H15BrO3. The molecule has 1 heterocycles. The summed E-state index contributed by atoms with van der Waals surface area (Å²) < 4.78 is 11.5. The van der Waals surface area contributed by atoms with Crippen molar-refractivity contribution in [3.05, 3.63) is 28.2 Å². The monoisotopic (exact) mass is 310 g/mol. The number of hydrogen-bond acceptors (Lipinski definition) is 3. The topological polar surface area (TPSA) is 35.5 Å². The molecule has 3 nitrogen and oxygen atoms in total. The first-order chi connectivity index (χ1) is 8.38. The third kappa shape index (κ3) is 2.75. The van der Waals surface area contributed by atoms with E-state index in [1.807, 2.05) is 32.9 Å². The van der Waals surface area contributed by atoms with E-state index >= 15 is 0 Å². The van der Waals surface area contributed by atoms with Crippen molar-refractivity contribution in [2.75, 3.05) is 6.79 Å². The number of carbonyl (C=O) groups is 1. The van der Waals surface area contributed by atoms with Gasteiger partial charge in [0.15, 0.2) is 17.3 Å². The van der Waals surface area contributed by atoms with E-state index in [4.69, 9.17) is 9.47 Å². The molecule has 96 valence electrons. The second kappa shape index (κ2) is 4.76. The maximum absolute atomic E-state index is 11.8. The van der Waals surface area contributed by atoms with Gasteiger partial charge in [0.1, 0.15) is 0 Å². The second-order valence-corrected chi connectivity index (χ2v) is 6.03. The Morgan fingerprint density at radius 2 is 1.89 bits per heavy atom. The van der Waals surface area contributed by atoms with Crippen molar-refractivity contribution in [1.29, 1.82) is 0 Å². The average molecular weight is 311 g/mol. The summed E-state index contributed by atoms with van der Waals surface area (Å²) in [4.78, 5) is 11.8. The molecule has 0 spiro atoms. The molecule has 0 aliphatic carbocycles. The minimum atomic E-state index is -0.362. The van der Waals surface area contributed by atoms with Crippen LogP contribution in [0, 0.1) is 5.41 Å². The summed E-state index contributed by atoms with van der Waals surface area (Å²) >= 11 is 3.45. The quantitative estimate of drug-likeness (QED) is 0.779. The van der Waals surface area contributed by atoms with E-state index in [2.05, 4.69) is 15.9 Å². The highest BCUT2D eigenvalue weighted by Crippen LogP contribution is 2.37. The van der Waals surface area contributed by atoms with Gasteiger partial charge in [-0.05, 0) is 23.8 Å². The van der Waals surface area contributed by atoms with Crippen LogP contribution in [0.5, 0.6) is 11.5 Å². The summed E-state index contributed by atoms with van der Waals surface area (Å²) in [6.45, 7) is 5.94. The van der Waals surface area contributed by atoms with Gasteiger partial charge in [0.05, 0.1) is 0 Å². The van der Waals surface area contributed by atoms with Crippen LogP contribution in [0.1, 0.15) is 26.3 Å². The molecule has 18 heavy (non-hydrogen) atoms. The molecule has 1 aromatic rings. The minimum absolute atomic E-state index is 0.0899. The molecule has 0 bridgehead atoms. The Kier molecular flexibility index (Phi) is 3.48. The number of ether oxygens (including phenoxy) is 2. The van der Waals surface area contributed by atoms with Crippen LogP contribution in [-0.2, 0) is 4.79 Å². The highest BCUT2D eigenvalue weighted by molar-refractivity contribution is 9.10. The van der Waals surface area contributed by atoms with Gasteiger partial charge in [-0.25, -0.2) is 0 Å². The predicted octanol–water partition coefficient (Wildman–Crippen LogP) is 3.81. The SMILES string of the molecule is CC(C)(C)C(=O)/C=C/c1cc2c(cc1Br)OCO2. The lowest BCUT2D eigenvalue weighted by Gasteiger charge is -2.13. The smallest absolute Gasteiger partial charge is 0.231 e. The van der Waals surface area contributed by atoms with Crippen LogP contribution < -0.4 is 9.47 Å². The number of rotatable bonds is 2. The van der Waals surface area contributed by atoms with Crippen LogP contribution in [-0.4, -0.2) is 12.6 Å². The van der Waals surface area contributed by atoms with Crippen LogP contribution in [0.3, 0.4) is 0 Å². The van der Waals surface area contributed by atoms with Crippen LogP contribution >= 0.6 is 15.9 Å². The van der Waals surface area contributed by atoms with E-state index in [1.165, 1.54) is 0 Å². The molecule has 0 atom stereocenters. The Hall–Kier alpha value is -1.29. The van der Waals surface area contributed by atoms with Crippen molar-refractivity contribution in [3.8, 4) is 11.5 Å². The van der Waals surface area contributed by atoms with Crippen molar-refractivity contribution in [3.63, 3.8) is 0 Å². The minimum Gasteiger partial charge on any atom is -0.454 e. The van der Waals surface area contributed by atoms with Gasteiger partial charge in [-0.15, -0.1) is 0 Å². The van der Waals surface area contributed by atoms with Gasteiger partial charge in [0, 0.05) is 9.89 Å². The van der Waals surface area contributed by atoms with Gasteiger partial charge in [-0.2, -0.15) is 0 Å². The van der Waals surface area contributed by atoms with Crippen molar-refractivity contribution >= 4 is 27.8 Å². The zero-order chi connectivity index (χ0) is 13.3. The molecule has 0 fully saturated rings. The van der Waals surface area contributed by atoms with Crippen molar-refractivity contribution in [2.24, 2.45) is 5.41 Å². The first-order valence-electron chi connectivity index (χ1n) is 5.69. The number of ketones is 1. The molecule has 1 aromatic carbocycles. The molecule has 0 N–H and O–H groups in total. The largest absolute Gasteiger partial charge is 0.454 e. The maximum Gasteiger partial charge on any atom is 0.231 e. The van der Waals surface area contributed by atoms with E-state index in [9.17, 15) is 4.79 Å². The van der Waals surface area contributed by atoms with Crippen LogP contribution in [0.4, 0.5) is 0 Å². The zero-order valence-electron chi connectivity index (χ0n) is 10.6. The van der Waals surface area contributed by atoms with Gasteiger partial charge < -0.3 is 9.47 Å². The molecule has 1 aliphatic heterocycles. The maximum atomic E-state index is 11.8. The standard InChI is InChI=1S/C14H15BrO3/c1-14(2,3)13(16)5-4-9-6-11-12(7-10(9)15)18-8-17-11/h4-7H,8H2,1-3H3/b5-4+. The molecule has 0 saturated carbocycles. The zero-order valence-corrected chi connectivity index (χ0v) is 12.2. The van der Waals surface area contributed by atoms with Crippen LogP contribution in [0.2, 0.25) is 0 Å². The molecule has 0 aromatic heterocycles. The molecule has 0 saturated heterocycles. The summed E-state index contributed by atoms with van der Waals surface area (Å²) in [6.07, 6.45) is 3.39. The first kappa shape index (κ1) is 13.1. The van der Waals surface area contributed by atoms with E-state index in [-0.39, 0.29) is 18.0 Å². The molecule has 2 rings (SSSR count). The summed E-state index contributed by atoms with van der Waals surface area (Å²) in [5, 5.41) is 0. The third-order valence-electron chi connectivity index (χ3n) is 2.65. The number of benzene rings is 1. The number of hydrogen-bond donors (Lipinski definition) is 0. The highest BCUT2D eigenvalue weighted by atomic mass is 79.9. The summed E-state index contributed by atoms with van der Waals surface area (Å²) in [7, 11) is 0. The fourth-order valence-electron chi connectivity index (χ4n) is 1.48. The van der Waals surface area contributed by atoms with Crippen molar-refractivity contribution < 1.29 is 14.3 Å². The number of fused-ring (bicyclic) bond motifs is 1. The molecule has 1 aliphatic rings. The summed E-state index contributed by atoms with van der Waals surface area (Å²) in [6, 6.07) is 3.71. The van der Waals surface area contributed by atoms with Crippen molar-refractivity contribution in [2.45, 2.75) is 20.8 Å². The fraction of sp³-hybridized carbons (Fsp3) is 0.357. The highest BCUT2D eigenvalue weighted by Gasteiger charge is 2.19. The number of allylic oxidation sites excluding steroid dienone is 1. The lowest BCUT2D eigenvalue weighted by Crippen LogP contribution is -2.17. The van der Waals surface area contributed by atoms with Gasteiger partial charge in [-0.3, -0.25) is 4.79 Å². The van der Waals surface area contributed by atoms with Gasteiger partial charge in [-0.1, -0.05) is 42.8 Å². The Balaban J connectivity index is 2.25. The molecule has 4 heteroatoms. The van der Waals surface area contributed by atoms with Crippen molar-refractivity contribution in [1.82, 2.24) is 0 Å². The Morgan fingerprint density at radius 3 is 2.50 bits per heavy atom. The predicted molar refractivity (Wildman–Crippen MR) is 73.8 cm³/mol. The van der Waals surface area contributed by atoms with E-state index < -0.39 is 0 Å². The third-order valence-corrected chi connectivity index (χ3v) is 3.33. The van der Waals surface area contributed by atoms with E-state index in [0.29, 0.717) is 5.75 Å². The Bertz CT molecular complexity index is 513. The van der Waals surface area contributed by atoms with Crippen LogP contribution in [0.25, 0.3) is 6.08 Å². The van der Waals surface area contributed by atoms with E-state index in [0.717, 1.165) is 15.8 Å². The van der Waals surface area contributed by atoms with Gasteiger partial charge in [0.25, 0.3) is 0 Å². The lowest BCUT2D eigenvalue weighted by molar-refractivity contribution is -0.121. The molecule has 0 amide bonds. The van der Waals surface area contributed by atoms with E-state index in [1.54, 1.807) is 12.2 Å². The summed E-state index contributed by atoms with van der Waals surface area (Å²) in [5.74, 6) is 1.52. The Labute approximate surface area is 115 Å². The number of halogens is 1.